The van der Waals surface area contributed by atoms with Crippen LogP contribution in [0.5, 0.6) is 5.75 Å². The normalized spacial score (nSPS) is 10.3. The van der Waals surface area contributed by atoms with Crippen molar-refractivity contribution in [3.63, 3.8) is 0 Å². The number of halogens is 1. The standard InChI is InChI=1S/C10H7BrO3S2/c11-8-2-1-6(16-8)5-14-7-3-4-15-9(7)10(12)13/h1-4H,5H2,(H,12,13). The number of carbonyl (C=O) groups is 1. The molecule has 0 aliphatic rings. The van der Waals surface area contributed by atoms with Gasteiger partial charge in [0.25, 0.3) is 0 Å². The average Bonchev–Trinajstić information content (AvgIpc) is 2.83. The molecule has 1 N–H and O–H groups in total. The Kier molecular flexibility index (Phi) is 3.63. The number of aromatic carboxylic acids is 1. The van der Waals surface area contributed by atoms with Gasteiger partial charge in [0, 0.05) is 4.88 Å². The first kappa shape index (κ1) is 11.6. The maximum Gasteiger partial charge on any atom is 0.349 e. The van der Waals surface area contributed by atoms with Crippen molar-refractivity contribution >= 4 is 44.6 Å². The molecule has 0 radical (unpaired) electrons. The van der Waals surface area contributed by atoms with Gasteiger partial charge in [-0.25, -0.2) is 4.79 Å². The summed E-state index contributed by atoms with van der Waals surface area (Å²) in [4.78, 5) is 12.1. The Morgan fingerprint density at radius 3 is 2.88 bits per heavy atom. The van der Waals surface area contributed by atoms with Crippen LogP contribution in [0.1, 0.15) is 14.5 Å². The number of thiophene rings is 2. The topological polar surface area (TPSA) is 46.5 Å². The van der Waals surface area contributed by atoms with E-state index in [-0.39, 0.29) is 4.88 Å². The summed E-state index contributed by atoms with van der Waals surface area (Å²) in [7, 11) is 0. The van der Waals surface area contributed by atoms with Gasteiger partial charge in [-0.3, -0.25) is 0 Å². The van der Waals surface area contributed by atoms with Crippen LogP contribution < -0.4 is 4.74 Å². The lowest BCUT2D eigenvalue weighted by atomic mass is 10.4. The van der Waals surface area contributed by atoms with E-state index in [4.69, 9.17) is 9.84 Å². The molecule has 2 rings (SSSR count). The van der Waals surface area contributed by atoms with Crippen molar-refractivity contribution in [1.29, 1.82) is 0 Å². The van der Waals surface area contributed by atoms with Gasteiger partial charge in [-0.05, 0) is 39.5 Å². The Bertz CT molecular complexity index is 504. The number of carboxylic acids is 1. The van der Waals surface area contributed by atoms with Gasteiger partial charge < -0.3 is 9.84 Å². The van der Waals surface area contributed by atoms with Crippen LogP contribution in [0.25, 0.3) is 0 Å². The Hall–Kier alpha value is -0.850. The van der Waals surface area contributed by atoms with E-state index in [0.717, 1.165) is 8.66 Å². The molecule has 0 fully saturated rings. The van der Waals surface area contributed by atoms with E-state index < -0.39 is 5.97 Å². The van der Waals surface area contributed by atoms with Crippen LogP contribution in [0.4, 0.5) is 0 Å². The first-order chi connectivity index (χ1) is 7.66. The number of rotatable bonds is 4. The van der Waals surface area contributed by atoms with E-state index in [1.165, 1.54) is 11.3 Å². The van der Waals surface area contributed by atoms with E-state index in [1.54, 1.807) is 22.8 Å². The van der Waals surface area contributed by atoms with Gasteiger partial charge in [-0.1, -0.05) is 0 Å². The minimum Gasteiger partial charge on any atom is -0.486 e. The second kappa shape index (κ2) is 4.99. The molecule has 84 valence electrons. The Balaban J connectivity index is 2.04. The van der Waals surface area contributed by atoms with Crippen LogP contribution in [0.2, 0.25) is 0 Å². The van der Waals surface area contributed by atoms with Gasteiger partial charge in [-0.15, -0.1) is 22.7 Å². The zero-order valence-corrected chi connectivity index (χ0v) is 11.2. The van der Waals surface area contributed by atoms with E-state index in [2.05, 4.69) is 15.9 Å². The molecule has 0 bridgehead atoms. The molecule has 0 aliphatic heterocycles. The molecular formula is C10H7BrO3S2. The van der Waals surface area contributed by atoms with E-state index >= 15 is 0 Å². The Morgan fingerprint density at radius 1 is 1.44 bits per heavy atom. The SMILES string of the molecule is O=C(O)c1sccc1OCc1ccc(Br)s1. The van der Waals surface area contributed by atoms with E-state index in [9.17, 15) is 4.79 Å². The van der Waals surface area contributed by atoms with Crippen LogP contribution in [-0.4, -0.2) is 11.1 Å². The van der Waals surface area contributed by atoms with E-state index in [0.29, 0.717) is 12.4 Å². The molecular weight excluding hydrogens is 312 g/mol. The van der Waals surface area contributed by atoms with Crippen molar-refractivity contribution in [3.05, 3.63) is 37.1 Å². The minimum absolute atomic E-state index is 0.246. The summed E-state index contributed by atoms with van der Waals surface area (Å²) in [5.41, 5.74) is 0. The van der Waals surface area contributed by atoms with Crippen molar-refractivity contribution < 1.29 is 14.6 Å². The molecule has 2 aromatic rings. The molecule has 0 saturated heterocycles. The largest absolute Gasteiger partial charge is 0.486 e. The molecule has 2 heterocycles. The highest BCUT2D eigenvalue weighted by Gasteiger charge is 2.13. The van der Waals surface area contributed by atoms with Gasteiger partial charge >= 0.3 is 5.97 Å². The summed E-state index contributed by atoms with van der Waals surface area (Å²) in [5, 5.41) is 10.6. The zero-order chi connectivity index (χ0) is 11.5. The van der Waals surface area contributed by atoms with Gasteiger partial charge in [0.05, 0.1) is 3.79 Å². The smallest absolute Gasteiger partial charge is 0.349 e. The molecule has 0 atom stereocenters. The van der Waals surface area contributed by atoms with Gasteiger partial charge in [-0.2, -0.15) is 0 Å². The van der Waals surface area contributed by atoms with Gasteiger partial charge in [0.15, 0.2) is 4.88 Å². The molecule has 0 amide bonds. The lowest BCUT2D eigenvalue weighted by molar-refractivity contribution is 0.0697. The van der Waals surface area contributed by atoms with Gasteiger partial charge in [0.2, 0.25) is 0 Å². The first-order valence-electron chi connectivity index (χ1n) is 4.34. The molecule has 2 aromatic heterocycles. The molecule has 16 heavy (non-hydrogen) atoms. The molecule has 0 aromatic carbocycles. The van der Waals surface area contributed by atoms with Crippen molar-refractivity contribution in [2.24, 2.45) is 0 Å². The molecule has 3 nitrogen and oxygen atoms in total. The Labute approximate surface area is 108 Å². The van der Waals surface area contributed by atoms with Crippen LogP contribution in [0, 0.1) is 0 Å². The van der Waals surface area contributed by atoms with Crippen LogP contribution in [0.15, 0.2) is 27.4 Å². The number of ether oxygens (including phenoxy) is 1. The highest BCUT2D eigenvalue weighted by atomic mass is 79.9. The lowest BCUT2D eigenvalue weighted by Gasteiger charge is -2.02. The highest BCUT2D eigenvalue weighted by molar-refractivity contribution is 9.11. The van der Waals surface area contributed by atoms with Crippen molar-refractivity contribution in [1.82, 2.24) is 0 Å². The zero-order valence-electron chi connectivity index (χ0n) is 7.97. The fraction of sp³-hybridized carbons (Fsp3) is 0.100. The fourth-order valence-electron chi connectivity index (χ4n) is 1.15. The first-order valence-corrected chi connectivity index (χ1v) is 6.83. The fourth-order valence-corrected chi connectivity index (χ4v) is 3.21. The predicted octanol–water partition coefficient (Wildman–Crippen LogP) is 3.85. The third-order valence-electron chi connectivity index (χ3n) is 1.82. The summed E-state index contributed by atoms with van der Waals surface area (Å²) < 4.78 is 6.49. The second-order valence-electron chi connectivity index (χ2n) is 2.91. The second-order valence-corrected chi connectivity index (χ2v) is 6.38. The summed E-state index contributed by atoms with van der Waals surface area (Å²) in [6.45, 7) is 0.396. The monoisotopic (exact) mass is 318 g/mol. The molecule has 6 heteroatoms. The summed E-state index contributed by atoms with van der Waals surface area (Å²) in [6.07, 6.45) is 0. The number of hydrogen-bond acceptors (Lipinski definition) is 4. The molecule has 0 unspecified atom stereocenters. The molecule has 0 saturated carbocycles. The van der Waals surface area contributed by atoms with Gasteiger partial charge in [0.1, 0.15) is 12.4 Å². The maximum atomic E-state index is 10.8. The number of hydrogen-bond donors (Lipinski definition) is 1. The maximum absolute atomic E-state index is 10.8. The third kappa shape index (κ3) is 2.63. The van der Waals surface area contributed by atoms with Crippen LogP contribution in [-0.2, 0) is 6.61 Å². The summed E-state index contributed by atoms with van der Waals surface area (Å²) in [5.74, 6) is -0.514. The van der Waals surface area contributed by atoms with Crippen LogP contribution >= 0.6 is 38.6 Å². The van der Waals surface area contributed by atoms with E-state index in [1.807, 2.05) is 12.1 Å². The lowest BCUT2D eigenvalue weighted by Crippen LogP contribution is -1.98. The van der Waals surface area contributed by atoms with Crippen LogP contribution in [0.3, 0.4) is 0 Å². The summed E-state index contributed by atoms with van der Waals surface area (Å²) in [6, 6.07) is 5.56. The minimum atomic E-state index is -0.947. The quantitative estimate of drug-likeness (QED) is 0.931. The summed E-state index contributed by atoms with van der Waals surface area (Å²) >= 11 is 6.10. The van der Waals surface area contributed by atoms with Crippen molar-refractivity contribution in [2.45, 2.75) is 6.61 Å². The predicted molar refractivity (Wildman–Crippen MR) is 67.6 cm³/mol. The average molecular weight is 319 g/mol. The molecule has 0 aliphatic carbocycles. The Morgan fingerprint density at radius 2 is 2.25 bits per heavy atom. The van der Waals surface area contributed by atoms with Crippen molar-refractivity contribution in [2.75, 3.05) is 0 Å². The number of carboxylic acid groups (broad SMARTS) is 1. The van der Waals surface area contributed by atoms with Crippen molar-refractivity contribution in [3.8, 4) is 5.75 Å². The molecule has 0 spiro atoms. The highest BCUT2D eigenvalue weighted by Crippen LogP contribution is 2.27. The third-order valence-corrected chi connectivity index (χ3v) is 4.30.